The minimum atomic E-state index is 0.113. The molecule has 1 saturated heterocycles. The molecule has 1 aromatic heterocycles. The molecule has 1 aliphatic heterocycles. The number of carbonyl (C=O) groups excluding carboxylic acids is 1. The van der Waals surface area contributed by atoms with E-state index in [9.17, 15) is 4.79 Å². The predicted octanol–water partition coefficient (Wildman–Crippen LogP) is 1.58. The second-order valence-corrected chi connectivity index (χ2v) is 5.77. The quantitative estimate of drug-likeness (QED) is 0.870. The molecule has 2 rings (SSSR count). The van der Waals surface area contributed by atoms with Crippen LogP contribution in [0.1, 0.15) is 33.2 Å². The number of likely N-dealkylation sites (N-methyl/N-ethyl adjacent to an activating group) is 1. The number of rotatable bonds is 2. The van der Waals surface area contributed by atoms with Gasteiger partial charge < -0.3 is 10.2 Å². The number of nitrogens with zero attached hydrogens (tertiary/aromatic N) is 2. The average Bonchev–Trinajstić information content (AvgIpc) is 2.68. The molecule has 1 amide bonds. The van der Waals surface area contributed by atoms with Crippen LogP contribution in [0.5, 0.6) is 0 Å². The third-order valence-corrected chi connectivity index (χ3v) is 4.30. The fourth-order valence-corrected chi connectivity index (χ4v) is 3.12. The highest BCUT2D eigenvalue weighted by Gasteiger charge is 2.25. The summed E-state index contributed by atoms with van der Waals surface area (Å²) < 4.78 is 0. The summed E-state index contributed by atoms with van der Waals surface area (Å²) >= 11 is 1.49. The fraction of sp³-hybridized carbons (Fsp3) is 0.667. The van der Waals surface area contributed by atoms with E-state index in [1.165, 1.54) is 11.3 Å². The summed E-state index contributed by atoms with van der Waals surface area (Å²) in [6, 6.07) is 0.318. The third-order valence-electron chi connectivity index (χ3n) is 3.24. The zero-order valence-corrected chi connectivity index (χ0v) is 11.4. The number of piperidine rings is 1. The Morgan fingerprint density at radius 1 is 1.53 bits per heavy atom. The lowest BCUT2D eigenvalue weighted by atomic mass is 10.1. The Labute approximate surface area is 106 Å². The molecule has 1 N–H and O–H groups in total. The second-order valence-electron chi connectivity index (χ2n) is 4.56. The second kappa shape index (κ2) is 5.14. The topological polar surface area (TPSA) is 45.2 Å². The van der Waals surface area contributed by atoms with E-state index >= 15 is 0 Å². The number of carbonyl (C=O) groups is 1. The molecule has 0 bridgehead atoms. The minimum absolute atomic E-state index is 0.113. The Morgan fingerprint density at radius 3 is 2.82 bits per heavy atom. The largest absolute Gasteiger partial charge is 0.337 e. The first-order chi connectivity index (χ1) is 8.09. The summed E-state index contributed by atoms with van der Waals surface area (Å²) in [6.07, 6.45) is 2.23. The van der Waals surface area contributed by atoms with E-state index in [0.29, 0.717) is 6.04 Å². The zero-order valence-electron chi connectivity index (χ0n) is 10.6. The smallest absolute Gasteiger partial charge is 0.265 e. The van der Waals surface area contributed by atoms with Crippen LogP contribution in [-0.4, -0.2) is 42.0 Å². The van der Waals surface area contributed by atoms with Gasteiger partial charge in [0.25, 0.3) is 5.91 Å². The van der Waals surface area contributed by atoms with Crippen LogP contribution in [0.3, 0.4) is 0 Å². The number of thiazole rings is 1. The van der Waals surface area contributed by atoms with Gasteiger partial charge in [-0.2, -0.15) is 0 Å². The van der Waals surface area contributed by atoms with Gasteiger partial charge in [0.05, 0.1) is 10.7 Å². The molecule has 0 saturated carbocycles. The van der Waals surface area contributed by atoms with E-state index in [2.05, 4.69) is 10.3 Å². The van der Waals surface area contributed by atoms with E-state index in [1.807, 2.05) is 25.8 Å². The number of amides is 1. The molecule has 4 nitrogen and oxygen atoms in total. The van der Waals surface area contributed by atoms with Gasteiger partial charge in [-0.25, -0.2) is 4.98 Å². The predicted molar refractivity (Wildman–Crippen MR) is 69.6 cm³/mol. The minimum Gasteiger partial charge on any atom is -0.337 e. The Morgan fingerprint density at radius 2 is 2.29 bits per heavy atom. The third kappa shape index (κ3) is 2.66. The molecule has 0 radical (unpaired) electrons. The molecule has 1 aliphatic rings. The molecule has 0 aliphatic carbocycles. The van der Waals surface area contributed by atoms with E-state index in [-0.39, 0.29) is 5.91 Å². The van der Waals surface area contributed by atoms with Crippen LogP contribution in [0.25, 0.3) is 0 Å². The van der Waals surface area contributed by atoms with Crippen molar-refractivity contribution in [1.82, 2.24) is 15.2 Å². The number of aromatic nitrogens is 1. The van der Waals surface area contributed by atoms with Gasteiger partial charge in [0, 0.05) is 19.6 Å². The molecular weight excluding hydrogens is 234 g/mol. The lowest BCUT2D eigenvalue weighted by molar-refractivity contribution is 0.0712. The Kier molecular flexibility index (Phi) is 3.79. The van der Waals surface area contributed by atoms with Crippen LogP contribution in [0.4, 0.5) is 0 Å². The fourth-order valence-electron chi connectivity index (χ4n) is 2.22. The summed E-state index contributed by atoms with van der Waals surface area (Å²) in [6.45, 7) is 5.82. The molecule has 1 atom stereocenters. The number of hydrogen-bond acceptors (Lipinski definition) is 4. The van der Waals surface area contributed by atoms with E-state index in [4.69, 9.17) is 0 Å². The Hall–Kier alpha value is -0.940. The van der Waals surface area contributed by atoms with Gasteiger partial charge in [0.1, 0.15) is 4.88 Å². The molecule has 1 fully saturated rings. The van der Waals surface area contributed by atoms with Crippen molar-refractivity contribution in [2.24, 2.45) is 0 Å². The number of aryl methyl sites for hydroxylation is 2. The van der Waals surface area contributed by atoms with Gasteiger partial charge in [-0.3, -0.25) is 4.79 Å². The first kappa shape index (κ1) is 12.5. The van der Waals surface area contributed by atoms with Crippen LogP contribution in [-0.2, 0) is 0 Å². The zero-order chi connectivity index (χ0) is 12.4. The number of nitrogens with one attached hydrogen (secondary N) is 1. The molecule has 1 aromatic rings. The van der Waals surface area contributed by atoms with Gasteiger partial charge in [0.15, 0.2) is 0 Å². The lowest BCUT2D eigenvalue weighted by Gasteiger charge is -2.31. The molecule has 1 unspecified atom stereocenters. The maximum absolute atomic E-state index is 12.3. The standard InChI is InChI=1S/C12H19N3OS/c1-8-11(17-9(2)14-8)12(16)15(3)10-5-4-6-13-7-10/h10,13H,4-7H2,1-3H3. The van der Waals surface area contributed by atoms with Crippen LogP contribution < -0.4 is 5.32 Å². The number of hydrogen-bond donors (Lipinski definition) is 1. The van der Waals surface area contributed by atoms with Crippen LogP contribution in [0.15, 0.2) is 0 Å². The van der Waals surface area contributed by atoms with Crippen LogP contribution in [0, 0.1) is 13.8 Å². The molecule has 17 heavy (non-hydrogen) atoms. The maximum Gasteiger partial charge on any atom is 0.265 e. The van der Waals surface area contributed by atoms with Crippen molar-refractivity contribution in [1.29, 1.82) is 0 Å². The van der Waals surface area contributed by atoms with Crippen molar-refractivity contribution in [3.8, 4) is 0 Å². The highest BCUT2D eigenvalue weighted by Crippen LogP contribution is 2.20. The van der Waals surface area contributed by atoms with E-state index < -0.39 is 0 Å². The SMILES string of the molecule is Cc1nc(C)c(C(=O)N(C)C2CCCNC2)s1. The lowest BCUT2D eigenvalue weighted by Crippen LogP contribution is -2.46. The normalized spacial score (nSPS) is 20.3. The molecule has 2 heterocycles. The van der Waals surface area contributed by atoms with Crippen LogP contribution in [0.2, 0.25) is 0 Å². The molecule has 0 spiro atoms. The molecule has 0 aromatic carbocycles. The van der Waals surface area contributed by atoms with Crippen molar-refractivity contribution < 1.29 is 4.79 Å². The van der Waals surface area contributed by atoms with E-state index in [0.717, 1.165) is 41.5 Å². The van der Waals surface area contributed by atoms with Gasteiger partial charge >= 0.3 is 0 Å². The first-order valence-electron chi connectivity index (χ1n) is 6.01. The van der Waals surface area contributed by atoms with Gasteiger partial charge in [0.2, 0.25) is 0 Å². The summed E-state index contributed by atoms with van der Waals surface area (Å²) in [7, 11) is 1.90. The average molecular weight is 253 g/mol. The van der Waals surface area contributed by atoms with Gasteiger partial charge in [-0.15, -0.1) is 11.3 Å². The van der Waals surface area contributed by atoms with Crippen molar-refractivity contribution in [2.45, 2.75) is 32.7 Å². The first-order valence-corrected chi connectivity index (χ1v) is 6.83. The van der Waals surface area contributed by atoms with Crippen molar-refractivity contribution in [3.63, 3.8) is 0 Å². The summed E-state index contributed by atoms with van der Waals surface area (Å²) in [5, 5.41) is 4.30. The van der Waals surface area contributed by atoms with Gasteiger partial charge in [-0.1, -0.05) is 0 Å². The van der Waals surface area contributed by atoms with Crippen LogP contribution >= 0.6 is 11.3 Å². The summed E-state index contributed by atoms with van der Waals surface area (Å²) in [5.41, 5.74) is 0.855. The van der Waals surface area contributed by atoms with E-state index in [1.54, 1.807) is 0 Å². The molecule has 94 valence electrons. The van der Waals surface area contributed by atoms with Crippen molar-refractivity contribution >= 4 is 17.2 Å². The maximum atomic E-state index is 12.3. The highest BCUT2D eigenvalue weighted by molar-refractivity contribution is 7.13. The summed E-state index contributed by atoms with van der Waals surface area (Å²) in [5.74, 6) is 0.113. The van der Waals surface area contributed by atoms with Crippen molar-refractivity contribution in [2.75, 3.05) is 20.1 Å². The Balaban J connectivity index is 2.11. The monoisotopic (exact) mass is 253 g/mol. The van der Waals surface area contributed by atoms with Gasteiger partial charge in [-0.05, 0) is 33.2 Å². The highest BCUT2D eigenvalue weighted by atomic mass is 32.1. The molecule has 5 heteroatoms. The molecular formula is C12H19N3OS. The Bertz CT molecular complexity index is 410. The van der Waals surface area contributed by atoms with Crippen molar-refractivity contribution in [3.05, 3.63) is 15.6 Å². The summed E-state index contributed by atoms with van der Waals surface area (Å²) in [4.78, 5) is 19.3.